The van der Waals surface area contributed by atoms with Crippen LogP contribution < -0.4 is 0 Å². The zero-order valence-electron chi connectivity index (χ0n) is 58.6. The number of Topliss-reactive ketones (excluding diaryl/α,β-unsaturated/α-hetero) is 2. The Morgan fingerprint density at radius 3 is 1.15 bits per heavy atom. The highest BCUT2D eigenvalue weighted by molar-refractivity contribution is 6.34. The van der Waals surface area contributed by atoms with Gasteiger partial charge >= 0.3 is 11.9 Å². The fourth-order valence-corrected chi connectivity index (χ4v) is 7.26. The zero-order chi connectivity index (χ0) is 76.2. The third-order valence-corrected chi connectivity index (χ3v) is 11.3. The van der Waals surface area contributed by atoms with Gasteiger partial charge in [-0.05, 0) is 107 Å². The number of nitro benzene ring substituents is 4. The number of esters is 2. The van der Waals surface area contributed by atoms with Crippen LogP contribution in [0.4, 0.5) is 56.9 Å². The van der Waals surface area contributed by atoms with Crippen molar-refractivity contribution in [1.82, 2.24) is 9.97 Å². The number of hydrogen-bond donors (Lipinski definition) is 2. The number of benzene rings is 6. The van der Waals surface area contributed by atoms with Crippen LogP contribution in [0.25, 0.3) is 50.9 Å². The minimum Gasteiger partial charge on any atom is -0.460 e. The molecule has 26 nitrogen and oxygen atoms in total. The van der Waals surface area contributed by atoms with Crippen molar-refractivity contribution >= 4 is 102 Å². The average molecular weight is 1340 g/mol. The summed E-state index contributed by atoms with van der Waals surface area (Å²) in [6.07, 6.45) is -0.883. The number of ether oxygens (including phenoxy) is 2. The summed E-state index contributed by atoms with van der Waals surface area (Å²) in [4.78, 5) is 111. The molecule has 516 valence electrons. The predicted molar refractivity (Wildman–Crippen MR) is 384 cm³/mol. The number of ketones is 2. The minimum absolute atomic E-state index is 0.00324. The molecule has 0 saturated heterocycles. The van der Waals surface area contributed by atoms with Gasteiger partial charge in [0, 0.05) is 81.8 Å². The molecular formula is C72H84N12O14. The van der Waals surface area contributed by atoms with Crippen LogP contribution in [0.15, 0.2) is 121 Å². The molecule has 0 spiro atoms. The van der Waals surface area contributed by atoms with E-state index in [1.165, 1.54) is 53.9 Å². The Balaban J connectivity index is -0.000000529. The lowest BCUT2D eigenvalue weighted by Crippen LogP contribution is -2.19. The third-order valence-electron chi connectivity index (χ3n) is 11.3. The molecule has 0 bridgehead atoms. The number of aromatic nitrogens is 2. The number of carbonyl (C=O) groups is 4. The molecule has 6 aromatic carbocycles. The van der Waals surface area contributed by atoms with E-state index in [0.717, 1.165) is 39.9 Å². The molecular weight excluding hydrogens is 1260 g/mol. The number of nitro groups is 4. The Morgan fingerprint density at radius 1 is 0.367 bits per heavy atom. The Hall–Kier alpha value is -12.8. The number of rotatable bonds is 12. The van der Waals surface area contributed by atoms with Gasteiger partial charge in [-0.15, -0.1) is 0 Å². The van der Waals surface area contributed by atoms with E-state index in [0.29, 0.717) is 33.9 Å². The Morgan fingerprint density at radius 2 is 0.714 bits per heavy atom. The van der Waals surface area contributed by atoms with E-state index >= 15 is 0 Å². The highest BCUT2D eigenvalue weighted by Gasteiger charge is 2.23. The molecule has 0 amide bonds. The van der Waals surface area contributed by atoms with Crippen molar-refractivity contribution in [1.29, 1.82) is 0 Å². The molecule has 98 heavy (non-hydrogen) atoms. The number of H-pyrrole nitrogens is 2. The van der Waals surface area contributed by atoms with Gasteiger partial charge in [-0.1, -0.05) is 126 Å². The van der Waals surface area contributed by atoms with Crippen LogP contribution in [0.1, 0.15) is 131 Å². The summed E-state index contributed by atoms with van der Waals surface area (Å²) in [6.45, 7) is 75.1. The molecule has 8 aromatic rings. The monoisotopic (exact) mass is 1340 g/mol. The van der Waals surface area contributed by atoms with E-state index in [1.807, 2.05) is 139 Å². The number of hydrogen-bond acceptors (Lipinski definition) is 14. The molecule has 8 rings (SSSR count). The Bertz CT molecular complexity index is 4100. The lowest BCUT2D eigenvalue weighted by Gasteiger charge is -2.03. The van der Waals surface area contributed by atoms with Crippen molar-refractivity contribution in [2.75, 3.05) is 13.2 Å². The van der Waals surface area contributed by atoms with Crippen LogP contribution in [-0.4, -0.2) is 66.4 Å². The number of fused-ring (bicyclic) bond motifs is 2. The summed E-state index contributed by atoms with van der Waals surface area (Å²) in [5.74, 6) is -3.80. The zero-order valence-corrected chi connectivity index (χ0v) is 58.6. The van der Waals surface area contributed by atoms with E-state index in [-0.39, 0.29) is 58.5 Å². The molecule has 0 aliphatic carbocycles. The van der Waals surface area contributed by atoms with Crippen LogP contribution in [0.2, 0.25) is 0 Å². The largest absolute Gasteiger partial charge is 0.460 e. The Labute approximate surface area is 572 Å². The second-order valence-electron chi connectivity index (χ2n) is 17.4. The van der Waals surface area contributed by atoms with Crippen molar-refractivity contribution in [3.63, 3.8) is 0 Å². The van der Waals surface area contributed by atoms with Crippen LogP contribution in [0, 0.1) is 108 Å². The molecule has 0 aliphatic rings. The van der Waals surface area contributed by atoms with E-state index in [2.05, 4.69) is 54.6 Å². The lowest BCUT2D eigenvalue weighted by atomic mass is 10.1. The van der Waals surface area contributed by atoms with Crippen LogP contribution in [0.3, 0.4) is 0 Å². The summed E-state index contributed by atoms with van der Waals surface area (Å²) in [6, 6.07) is 31.5. The first-order valence-corrected chi connectivity index (χ1v) is 30.8. The summed E-state index contributed by atoms with van der Waals surface area (Å²) < 4.78 is 9.03. The maximum atomic E-state index is 11.5. The second-order valence-corrected chi connectivity index (χ2v) is 17.4. The maximum absolute atomic E-state index is 11.5. The van der Waals surface area contributed by atoms with Gasteiger partial charge in [0.15, 0.2) is 34.1 Å². The van der Waals surface area contributed by atoms with Gasteiger partial charge in [0.1, 0.15) is 0 Å². The molecule has 0 atom stereocenters. The molecule has 0 unspecified atom stereocenters. The van der Waals surface area contributed by atoms with Crippen molar-refractivity contribution in [2.45, 2.75) is 137 Å². The summed E-state index contributed by atoms with van der Waals surface area (Å²) in [7, 11) is 0. The van der Waals surface area contributed by atoms with Crippen molar-refractivity contribution in [3.05, 3.63) is 264 Å². The highest BCUT2D eigenvalue weighted by Crippen LogP contribution is 2.29. The van der Waals surface area contributed by atoms with Crippen molar-refractivity contribution in [3.8, 4) is 0 Å². The third kappa shape index (κ3) is 32.7. The van der Waals surface area contributed by atoms with E-state index in [1.54, 1.807) is 39.8 Å². The number of carbonyl (C=O) groups excluding carboxylic acids is 4. The smallest absolute Gasteiger partial charge is 0.374 e. The van der Waals surface area contributed by atoms with Gasteiger partial charge in [-0.3, -0.25) is 50.0 Å². The fraction of sp³-hybridized carbons (Fsp3) is 0.306. The summed E-state index contributed by atoms with van der Waals surface area (Å²) >= 11 is 0. The van der Waals surface area contributed by atoms with Crippen molar-refractivity contribution < 1.29 is 48.3 Å². The first-order valence-electron chi connectivity index (χ1n) is 30.8. The van der Waals surface area contributed by atoms with Gasteiger partial charge < -0.3 is 19.4 Å². The standard InChI is InChI=1S/2C12H10N2O5.2C10H8N2.2C8H6N2O2.6C2H6/c1-3-19-12(16)11(15)7-8-6-9(13-2)4-5-10(8)14(17)18;1-3-19-12(16)11(15)6-8-4-5-9(13-2)7-10(8)14(17)18;1-7-5-8-6-9(11-2)3-4-10(8)12-7;1-7-5-8-3-4-9(11-2)6-10(8)12-7;1-6-5-7(9-2)3-4-8(6)10(11)12;1-6-3-4-7(9-2)5-8(6)10(11)12;6*1-2/h4-6H,3,7H2,1H3;4-5,7H,3,6H2,1H3;2*3-6,12H,1H3;2*3-5H,1H3;6*1-2H3. The minimum atomic E-state index is -1.04. The summed E-state index contributed by atoms with van der Waals surface area (Å²) in [5.41, 5.74) is 7.38. The molecule has 0 aliphatic heterocycles. The van der Waals surface area contributed by atoms with Gasteiger partial charge in [0.2, 0.25) is 11.6 Å². The number of nitrogens with zero attached hydrogens (tertiary/aromatic N) is 10. The quantitative estimate of drug-likeness (QED) is 0.0378. The van der Waals surface area contributed by atoms with Crippen LogP contribution >= 0.6 is 0 Å². The van der Waals surface area contributed by atoms with Gasteiger partial charge in [-0.2, -0.15) is 0 Å². The fourth-order valence-electron chi connectivity index (χ4n) is 7.26. The maximum Gasteiger partial charge on any atom is 0.374 e. The molecule has 26 heteroatoms. The molecule has 2 aromatic heterocycles. The van der Waals surface area contributed by atoms with E-state index in [4.69, 9.17) is 39.4 Å². The van der Waals surface area contributed by atoms with Crippen molar-refractivity contribution in [2.24, 2.45) is 0 Å². The Kier molecular flexibility index (Phi) is 49.3. The number of nitrogens with one attached hydrogen (secondary N) is 2. The normalized spacial score (nSPS) is 8.69. The van der Waals surface area contributed by atoms with Gasteiger partial charge in [0.25, 0.3) is 22.7 Å². The average Bonchev–Trinajstić information content (AvgIpc) is 1.59. The predicted octanol–water partition coefficient (Wildman–Crippen LogP) is 20.8. The van der Waals surface area contributed by atoms with E-state index < -0.39 is 56.0 Å². The highest BCUT2D eigenvalue weighted by atomic mass is 16.6. The lowest BCUT2D eigenvalue weighted by molar-refractivity contribution is -0.385. The molecule has 0 fully saturated rings. The van der Waals surface area contributed by atoms with E-state index in [9.17, 15) is 59.6 Å². The van der Waals surface area contributed by atoms with Crippen LogP contribution in [-0.2, 0) is 41.5 Å². The molecule has 2 N–H and O–H groups in total. The first kappa shape index (κ1) is 91.6. The molecule has 2 heterocycles. The van der Waals surface area contributed by atoms with Crippen LogP contribution in [0.5, 0.6) is 0 Å². The number of aryl methyl sites for hydroxylation is 4. The SMILES string of the molecule is CC.CC.CC.CC.CC.CC.[C-]#[N+]c1ccc(C)c([N+](=O)[O-])c1.[C-]#[N+]c1ccc(CC(=O)C(=O)OCC)c([N+](=O)[O-])c1.[C-]#[N+]c1ccc([N+](=O)[O-])c(C)c1.[C-]#[N+]c1ccc([N+](=O)[O-])c(CC(=O)C(=O)OCC)c1.[C-]#[N+]c1ccc2[nH]c(C)cc2c1.[C-]#[N+]c1ccc2cc(C)[nH]c2c1. The second kappa shape index (κ2) is 52.7. The molecule has 0 radical (unpaired) electrons. The first-order chi connectivity index (χ1) is 46.9. The van der Waals surface area contributed by atoms with Gasteiger partial charge in [0.05, 0.1) is 72.3 Å². The van der Waals surface area contributed by atoms with Gasteiger partial charge in [-0.25, -0.2) is 38.7 Å². The summed E-state index contributed by atoms with van der Waals surface area (Å²) in [5, 5.41) is 44.7. The molecule has 0 saturated carbocycles. The topological polar surface area (TPSA) is 317 Å². The number of aromatic amines is 2.